The first-order chi connectivity index (χ1) is 11.7. The van der Waals surface area contributed by atoms with E-state index in [0.29, 0.717) is 18.8 Å². The third-order valence-corrected chi connectivity index (χ3v) is 5.12. The summed E-state index contributed by atoms with van der Waals surface area (Å²) in [5.74, 6) is 0.535. The van der Waals surface area contributed by atoms with Gasteiger partial charge in [-0.15, -0.1) is 11.3 Å². The first kappa shape index (κ1) is 16.7. The number of rotatable bonds is 6. The average molecular weight is 343 g/mol. The van der Waals surface area contributed by atoms with Gasteiger partial charge in [-0.3, -0.25) is 0 Å². The first-order valence-corrected chi connectivity index (χ1v) is 9.13. The number of carbonyl (C=O) groups is 1. The maximum Gasteiger partial charge on any atom is 0.341 e. The second kappa shape index (κ2) is 7.62. The molecule has 1 aromatic heterocycles. The van der Waals surface area contributed by atoms with E-state index in [2.05, 4.69) is 4.99 Å². The van der Waals surface area contributed by atoms with Crippen molar-refractivity contribution < 1.29 is 14.3 Å². The lowest BCUT2D eigenvalue weighted by Gasteiger charge is -2.06. The van der Waals surface area contributed by atoms with Gasteiger partial charge in [0.1, 0.15) is 10.8 Å². The van der Waals surface area contributed by atoms with Crippen LogP contribution in [0.3, 0.4) is 0 Å². The molecule has 0 saturated carbocycles. The van der Waals surface area contributed by atoms with E-state index in [9.17, 15) is 4.79 Å². The summed E-state index contributed by atoms with van der Waals surface area (Å²) in [4.78, 5) is 18.2. The normalized spacial score (nSPS) is 13.2. The largest absolute Gasteiger partial charge is 0.493 e. The number of nitrogens with zero attached hydrogens (tertiary/aromatic N) is 1. The third kappa shape index (κ3) is 3.36. The molecule has 0 amide bonds. The van der Waals surface area contributed by atoms with Crippen molar-refractivity contribution in [2.75, 3.05) is 13.2 Å². The van der Waals surface area contributed by atoms with Gasteiger partial charge < -0.3 is 9.47 Å². The standard InChI is InChI=1S/C19H21NO3S/c1-3-22-15-10-6-5-8-13(15)12-20-18-17(19(21)23-4-2)14-9-7-11-16(14)24-18/h5-6,8,10,12H,3-4,7,9,11H2,1-2H3/b20-12+. The number of aryl methyl sites for hydroxylation is 1. The van der Waals surface area contributed by atoms with Gasteiger partial charge in [-0.1, -0.05) is 12.1 Å². The van der Waals surface area contributed by atoms with Gasteiger partial charge in [0.25, 0.3) is 0 Å². The smallest absolute Gasteiger partial charge is 0.341 e. The molecule has 24 heavy (non-hydrogen) atoms. The van der Waals surface area contributed by atoms with Gasteiger partial charge in [0.05, 0.1) is 18.8 Å². The number of benzene rings is 1. The molecular weight excluding hydrogens is 322 g/mol. The van der Waals surface area contributed by atoms with E-state index in [1.54, 1.807) is 17.6 Å². The average Bonchev–Trinajstić information content (AvgIpc) is 3.15. The molecule has 0 atom stereocenters. The van der Waals surface area contributed by atoms with Gasteiger partial charge in [-0.2, -0.15) is 0 Å². The Kier molecular flexibility index (Phi) is 5.30. The quantitative estimate of drug-likeness (QED) is 0.570. The van der Waals surface area contributed by atoms with Gasteiger partial charge in [0.15, 0.2) is 0 Å². The summed E-state index contributed by atoms with van der Waals surface area (Å²) in [6, 6.07) is 7.77. The highest BCUT2D eigenvalue weighted by atomic mass is 32.1. The third-order valence-electron chi connectivity index (χ3n) is 3.92. The fourth-order valence-electron chi connectivity index (χ4n) is 2.90. The second-order valence-corrected chi connectivity index (χ2v) is 6.57. The summed E-state index contributed by atoms with van der Waals surface area (Å²) in [6.07, 6.45) is 4.84. The number of hydrogen-bond acceptors (Lipinski definition) is 5. The molecule has 5 heteroatoms. The van der Waals surface area contributed by atoms with Gasteiger partial charge >= 0.3 is 5.97 Å². The molecule has 3 rings (SSSR count). The minimum Gasteiger partial charge on any atom is -0.493 e. The van der Waals surface area contributed by atoms with Crippen LogP contribution in [0.25, 0.3) is 0 Å². The predicted octanol–water partition coefficient (Wildman–Crippen LogP) is 4.56. The molecule has 0 bridgehead atoms. The van der Waals surface area contributed by atoms with E-state index in [1.165, 1.54) is 4.88 Å². The maximum absolute atomic E-state index is 12.4. The Labute approximate surface area is 146 Å². The van der Waals surface area contributed by atoms with E-state index >= 15 is 0 Å². The van der Waals surface area contributed by atoms with Crippen LogP contribution in [0, 0.1) is 0 Å². The van der Waals surface area contributed by atoms with E-state index in [1.807, 2.05) is 38.1 Å². The molecule has 2 aromatic rings. The molecule has 0 spiro atoms. The lowest BCUT2D eigenvalue weighted by atomic mass is 10.1. The molecule has 0 saturated heterocycles. The molecule has 0 fully saturated rings. The zero-order valence-corrected chi connectivity index (χ0v) is 14.8. The predicted molar refractivity (Wildman–Crippen MR) is 97.2 cm³/mol. The number of hydrogen-bond donors (Lipinski definition) is 0. The van der Waals surface area contributed by atoms with Crippen molar-refractivity contribution in [3.63, 3.8) is 0 Å². The molecule has 126 valence electrons. The Morgan fingerprint density at radius 2 is 2.08 bits per heavy atom. The lowest BCUT2D eigenvalue weighted by Crippen LogP contribution is -2.06. The van der Waals surface area contributed by atoms with Gasteiger partial charge in [0.2, 0.25) is 0 Å². The van der Waals surface area contributed by atoms with Crippen molar-refractivity contribution in [1.29, 1.82) is 0 Å². The van der Waals surface area contributed by atoms with E-state index in [4.69, 9.17) is 9.47 Å². The number of aliphatic imine (C=N–C) groups is 1. The summed E-state index contributed by atoms with van der Waals surface area (Å²) in [7, 11) is 0. The van der Waals surface area contributed by atoms with Gasteiger partial charge in [0, 0.05) is 16.7 Å². The topological polar surface area (TPSA) is 47.9 Å². The molecule has 0 radical (unpaired) electrons. The summed E-state index contributed by atoms with van der Waals surface area (Å²) in [6.45, 7) is 4.76. The monoisotopic (exact) mass is 343 g/mol. The van der Waals surface area contributed by atoms with Crippen LogP contribution >= 0.6 is 11.3 Å². The molecule has 0 aliphatic heterocycles. The molecule has 1 aliphatic rings. The zero-order chi connectivity index (χ0) is 16.9. The maximum atomic E-state index is 12.4. The number of thiophene rings is 1. The van der Waals surface area contributed by atoms with E-state index in [0.717, 1.165) is 41.1 Å². The minimum absolute atomic E-state index is 0.262. The summed E-state index contributed by atoms with van der Waals surface area (Å²) in [5, 5.41) is 0.740. The van der Waals surface area contributed by atoms with E-state index < -0.39 is 0 Å². The van der Waals surface area contributed by atoms with E-state index in [-0.39, 0.29) is 5.97 Å². The number of carbonyl (C=O) groups excluding carboxylic acids is 1. The Morgan fingerprint density at radius 3 is 2.88 bits per heavy atom. The highest BCUT2D eigenvalue weighted by molar-refractivity contribution is 7.16. The molecular formula is C19H21NO3S. The number of para-hydroxylation sites is 1. The zero-order valence-electron chi connectivity index (χ0n) is 14.0. The molecule has 1 aliphatic carbocycles. The Balaban J connectivity index is 1.94. The fourth-order valence-corrected chi connectivity index (χ4v) is 4.12. The van der Waals surface area contributed by atoms with Gasteiger partial charge in [-0.25, -0.2) is 9.79 Å². The Bertz CT molecular complexity index is 764. The van der Waals surface area contributed by atoms with Crippen LogP contribution in [-0.2, 0) is 17.6 Å². The second-order valence-electron chi connectivity index (χ2n) is 5.49. The van der Waals surface area contributed by atoms with Crippen molar-refractivity contribution in [3.05, 3.63) is 45.8 Å². The van der Waals surface area contributed by atoms with Crippen molar-refractivity contribution in [1.82, 2.24) is 0 Å². The highest BCUT2D eigenvalue weighted by Gasteiger charge is 2.27. The molecule has 0 unspecified atom stereocenters. The number of ether oxygens (including phenoxy) is 2. The number of fused-ring (bicyclic) bond motifs is 1. The lowest BCUT2D eigenvalue weighted by molar-refractivity contribution is 0.0527. The van der Waals surface area contributed by atoms with Crippen LogP contribution in [0.1, 0.15) is 46.6 Å². The highest BCUT2D eigenvalue weighted by Crippen LogP contribution is 2.41. The summed E-state index contributed by atoms with van der Waals surface area (Å²) in [5.41, 5.74) is 2.69. The van der Waals surface area contributed by atoms with Crippen LogP contribution in [0.15, 0.2) is 29.3 Å². The van der Waals surface area contributed by atoms with Crippen molar-refractivity contribution in [2.24, 2.45) is 4.99 Å². The van der Waals surface area contributed by atoms with Gasteiger partial charge in [-0.05, 0) is 50.8 Å². The van der Waals surface area contributed by atoms with Crippen molar-refractivity contribution in [3.8, 4) is 5.75 Å². The summed E-state index contributed by atoms with van der Waals surface area (Å²) < 4.78 is 10.9. The number of esters is 1. The minimum atomic E-state index is -0.262. The van der Waals surface area contributed by atoms with Crippen LogP contribution in [0.5, 0.6) is 5.75 Å². The summed E-state index contributed by atoms with van der Waals surface area (Å²) >= 11 is 1.60. The van der Waals surface area contributed by atoms with Crippen LogP contribution in [0.2, 0.25) is 0 Å². The Hall–Kier alpha value is -2.14. The van der Waals surface area contributed by atoms with Crippen molar-refractivity contribution >= 4 is 28.5 Å². The molecule has 0 N–H and O–H groups in total. The van der Waals surface area contributed by atoms with Crippen LogP contribution in [-0.4, -0.2) is 25.4 Å². The van der Waals surface area contributed by atoms with Crippen LogP contribution < -0.4 is 4.74 Å². The molecule has 4 nitrogen and oxygen atoms in total. The Morgan fingerprint density at radius 1 is 1.25 bits per heavy atom. The SMILES string of the molecule is CCOC(=O)c1c(/N=C/c2ccccc2OCC)sc2c1CCC2. The first-order valence-electron chi connectivity index (χ1n) is 8.32. The van der Waals surface area contributed by atoms with Crippen molar-refractivity contribution in [2.45, 2.75) is 33.1 Å². The van der Waals surface area contributed by atoms with Crippen LogP contribution in [0.4, 0.5) is 5.00 Å². The molecule has 1 aromatic carbocycles. The molecule has 1 heterocycles. The fraction of sp³-hybridized carbons (Fsp3) is 0.368.